The Morgan fingerprint density at radius 2 is 2.25 bits per heavy atom. The van der Waals surface area contributed by atoms with E-state index in [4.69, 9.17) is 5.73 Å². The number of hydrazone groups is 1. The van der Waals surface area contributed by atoms with Crippen LogP contribution in [0.3, 0.4) is 0 Å². The van der Waals surface area contributed by atoms with Crippen LogP contribution in [-0.2, 0) is 18.7 Å². The summed E-state index contributed by atoms with van der Waals surface area (Å²) in [4.78, 5) is 10.8. The van der Waals surface area contributed by atoms with Crippen LogP contribution in [0.4, 0.5) is 0 Å². The van der Waals surface area contributed by atoms with E-state index in [0.29, 0.717) is 0 Å². The van der Waals surface area contributed by atoms with Gasteiger partial charge in [-0.2, -0.15) is 5.10 Å². The fourth-order valence-electron chi connectivity index (χ4n) is 0.582. The van der Waals surface area contributed by atoms with E-state index in [9.17, 15) is 17.8 Å². The molecule has 0 aliphatic heterocycles. The Morgan fingerprint density at radius 1 is 1.62 bits per heavy atom. The van der Waals surface area contributed by atoms with Crippen LogP contribution in [0.1, 0.15) is 6.92 Å². The Morgan fingerprint density at radius 3 is 2.75 bits per heavy atom. The van der Waals surface area contributed by atoms with Crippen molar-refractivity contribution in [1.82, 2.24) is 5.43 Å². The van der Waals surface area contributed by atoms with Crippen LogP contribution in [0.25, 0.3) is 0 Å². The molecule has 16 heavy (non-hydrogen) atoms. The Kier molecular flexibility index (Phi) is 6.85. The fraction of sp³-hybridized carbons (Fsp3) is 0.667. The van der Waals surface area contributed by atoms with Crippen molar-refractivity contribution < 1.29 is 22.5 Å². The second-order valence-electron chi connectivity index (χ2n) is 2.41. The highest BCUT2D eigenvalue weighted by Crippen LogP contribution is 2.07. The highest BCUT2D eigenvalue weighted by molar-refractivity contribution is 8.70. The summed E-state index contributed by atoms with van der Waals surface area (Å²) in [6.07, 6.45) is 0. The Hall–Kier alpha value is -1.00. The van der Waals surface area contributed by atoms with E-state index in [2.05, 4.69) is 15.3 Å². The first-order valence-corrected chi connectivity index (χ1v) is 7.07. The first kappa shape index (κ1) is 15.0. The minimum Gasteiger partial charge on any atom is -0.739 e. The van der Waals surface area contributed by atoms with Crippen molar-refractivity contribution in [2.45, 2.75) is 6.92 Å². The lowest BCUT2D eigenvalue weighted by molar-refractivity contribution is -0.141. The molecule has 10 heteroatoms. The molecular formula is C6H12N3O5S2-. The molecule has 0 aliphatic carbocycles. The molecule has 94 valence electrons. The number of hydrogen-bond acceptors (Lipinski definition) is 8. The number of nitrogens with two attached hydrogens (primary N) is 1. The van der Waals surface area contributed by atoms with Crippen LogP contribution < -0.4 is 11.2 Å². The number of rotatable bonds is 7. The van der Waals surface area contributed by atoms with Crippen molar-refractivity contribution in [3.05, 3.63) is 0 Å². The van der Waals surface area contributed by atoms with Crippen molar-refractivity contribution in [3.63, 3.8) is 0 Å². The Bertz CT molecular complexity index is 353. The molecule has 0 atom stereocenters. The molecule has 0 aromatic carbocycles. The molecule has 0 rings (SSSR count). The summed E-state index contributed by atoms with van der Waals surface area (Å²) in [5, 5.41) is 3.47. The summed E-state index contributed by atoms with van der Waals surface area (Å²) in [6, 6.07) is 0. The highest BCUT2D eigenvalue weighted by Gasteiger charge is 2.01. The van der Waals surface area contributed by atoms with Crippen LogP contribution in [-0.4, -0.2) is 43.7 Å². The molecular weight excluding hydrogens is 258 g/mol. The summed E-state index contributed by atoms with van der Waals surface area (Å²) in [5.74, 6) is -0.876. The summed E-state index contributed by atoms with van der Waals surface area (Å²) in [6.45, 7) is 1.73. The summed E-state index contributed by atoms with van der Waals surface area (Å²) in [7, 11) is -4.27. The maximum Gasteiger partial charge on any atom is 0.327 e. The predicted octanol–water partition coefficient (Wildman–Crippen LogP) is -1.40. The first-order valence-electron chi connectivity index (χ1n) is 4.16. The molecule has 0 aliphatic rings. The summed E-state index contributed by atoms with van der Waals surface area (Å²) < 4.78 is 35.2. The van der Waals surface area contributed by atoms with Crippen LogP contribution >= 0.6 is 10.8 Å². The molecule has 0 unspecified atom stereocenters. The van der Waals surface area contributed by atoms with Gasteiger partial charge in [-0.25, -0.2) is 8.42 Å². The number of nitrogens with one attached hydrogen (secondary N) is 1. The van der Waals surface area contributed by atoms with Gasteiger partial charge in [-0.1, -0.05) is 0 Å². The number of hydrogen-bond donors (Lipinski definition) is 2. The minimum atomic E-state index is -4.38. The van der Waals surface area contributed by atoms with E-state index in [-0.39, 0.29) is 35.5 Å². The molecule has 0 saturated carbocycles. The van der Waals surface area contributed by atoms with Crippen molar-refractivity contribution in [2.24, 2.45) is 10.8 Å². The maximum absolute atomic E-state index is 10.8. The van der Waals surface area contributed by atoms with Gasteiger partial charge in [-0.15, -0.1) is 0 Å². The maximum atomic E-state index is 10.8. The van der Waals surface area contributed by atoms with Crippen LogP contribution in [0, 0.1) is 0 Å². The number of esters is 1. The SMILES string of the molecule is CCOC(=O)CN/N=C(/N)CSS(=O)(=O)[O-]. The number of amidine groups is 1. The van der Waals surface area contributed by atoms with Crippen LogP contribution in [0.2, 0.25) is 0 Å². The van der Waals surface area contributed by atoms with Gasteiger partial charge in [0.25, 0.3) is 0 Å². The monoisotopic (exact) mass is 270 g/mol. The van der Waals surface area contributed by atoms with Gasteiger partial charge in [0.15, 0.2) is 0 Å². The van der Waals surface area contributed by atoms with E-state index < -0.39 is 15.1 Å². The third-order valence-electron chi connectivity index (χ3n) is 1.10. The summed E-state index contributed by atoms with van der Waals surface area (Å²) >= 11 is 0. The molecule has 3 N–H and O–H groups in total. The predicted molar refractivity (Wildman–Crippen MR) is 58.4 cm³/mol. The Labute approximate surface area is 96.7 Å². The van der Waals surface area contributed by atoms with E-state index >= 15 is 0 Å². The largest absolute Gasteiger partial charge is 0.739 e. The lowest BCUT2D eigenvalue weighted by Crippen LogP contribution is -2.25. The smallest absolute Gasteiger partial charge is 0.327 e. The number of ether oxygens (including phenoxy) is 1. The summed E-state index contributed by atoms with van der Waals surface area (Å²) in [5.41, 5.74) is 7.54. The molecule has 0 aromatic heterocycles. The van der Waals surface area contributed by atoms with Gasteiger partial charge in [-0.3, -0.25) is 10.2 Å². The average molecular weight is 270 g/mol. The number of carbonyl (C=O) groups is 1. The van der Waals surface area contributed by atoms with E-state index in [1.807, 2.05) is 0 Å². The molecule has 0 fully saturated rings. The molecule has 0 amide bonds. The first-order chi connectivity index (χ1) is 7.35. The topological polar surface area (TPSA) is 134 Å². The number of carbonyl (C=O) groups excluding carboxylic acids is 1. The zero-order valence-corrected chi connectivity index (χ0v) is 10.1. The third-order valence-corrected chi connectivity index (χ3v) is 3.02. The van der Waals surface area contributed by atoms with E-state index in [1.54, 1.807) is 6.92 Å². The van der Waals surface area contributed by atoms with Gasteiger partial charge in [0, 0.05) is 0 Å². The van der Waals surface area contributed by atoms with Gasteiger partial charge in [-0.05, 0) is 17.7 Å². The quantitative estimate of drug-likeness (QED) is 0.144. The minimum absolute atomic E-state index is 0.103. The van der Waals surface area contributed by atoms with Gasteiger partial charge in [0.2, 0.25) is 0 Å². The van der Waals surface area contributed by atoms with Crippen LogP contribution in [0.5, 0.6) is 0 Å². The molecule has 0 bridgehead atoms. The van der Waals surface area contributed by atoms with Gasteiger partial charge >= 0.3 is 5.97 Å². The normalized spacial score (nSPS) is 12.2. The fourth-order valence-corrected chi connectivity index (χ4v) is 1.71. The van der Waals surface area contributed by atoms with E-state index in [1.165, 1.54) is 0 Å². The molecule has 0 aromatic rings. The van der Waals surface area contributed by atoms with Gasteiger partial charge < -0.3 is 15.0 Å². The van der Waals surface area contributed by atoms with Gasteiger partial charge in [0.05, 0.1) is 12.4 Å². The van der Waals surface area contributed by atoms with Crippen molar-refractivity contribution in [1.29, 1.82) is 0 Å². The zero-order valence-electron chi connectivity index (χ0n) is 8.50. The Balaban J connectivity index is 3.83. The second kappa shape index (κ2) is 7.30. The lowest BCUT2D eigenvalue weighted by atomic mass is 10.7. The molecule has 8 nitrogen and oxygen atoms in total. The van der Waals surface area contributed by atoms with Crippen molar-refractivity contribution >= 4 is 31.7 Å². The zero-order chi connectivity index (χ0) is 12.6. The van der Waals surface area contributed by atoms with Crippen molar-refractivity contribution in [2.75, 3.05) is 18.9 Å². The molecule has 0 spiro atoms. The second-order valence-corrected chi connectivity index (χ2v) is 5.69. The third kappa shape index (κ3) is 9.55. The van der Waals surface area contributed by atoms with Crippen LogP contribution in [0.15, 0.2) is 5.10 Å². The molecule has 0 heterocycles. The van der Waals surface area contributed by atoms with Crippen molar-refractivity contribution in [3.8, 4) is 0 Å². The number of nitrogens with zero attached hydrogens (tertiary/aromatic N) is 1. The van der Waals surface area contributed by atoms with E-state index in [0.717, 1.165) is 0 Å². The van der Waals surface area contributed by atoms with Gasteiger partial charge in [0.1, 0.15) is 21.5 Å². The average Bonchev–Trinajstić information content (AvgIpc) is 2.14. The highest BCUT2D eigenvalue weighted by atomic mass is 33.1. The lowest BCUT2D eigenvalue weighted by Gasteiger charge is -2.05. The standard InChI is InChI=1S/C6H13N3O5S2/c1-2-14-6(10)3-8-9-5(7)4-15-16(11,12)13/h8H,2-4H2,1H3,(H2,7,9)(H,11,12,13)/p-1. The molecule has 0 radical (unpaired) electrons. The molecule has 0 saturated heterocycles.